The van der Waals surface area contributed by atoms with Crippen LogP contribution in [0.3, 0.4) is 0 Å². The lowest BCUT2D eigenvalue weighted by Gasteiger charge is -2.27. The molecule has 8 nitrogen and oxygen atoms in total. The third kappa shape index (κ3) is 4.99. The Morgan fingerprint density at radius 1 is 1.19 bits per heavy atom. The van der Waals surface area contributed by atoms with Crippen molar-refractivity contribution in [1.29, 1.82) is 0 Å². The monoisotopic (exact) mass is 466 g/mol. The van der Waals surface area contributed by atoms with Crippen LogP contribution in [0.15, 0.2) is 35.2 Å². The van der Waals surface area contributed by atoms with Crippen molar-refractivity contribution in [2.24, 2.45) is 5.14 Å². The Morgan fingerprint density at radius 2 is 2.00 bits per heavy atom. The fourth-order valence-corrected chi connectivity index (χ4v) is 4.44. The van der Waals surface area contributed by atoms with Gasteiger partial charge in [0.2, 0.25) is 15.9 Å². The summed E-state index contributed by atoms with van der Waals surface area (Å²) < 4.78 is 56.7. The Bertz CT molecular complexity index is 1140. The zero-order valence-electron chi connectivity index (χ0n) is 17.3. The van der Waals surface area contributed by atoms with Crippen molar-refractivity contribution in [3.05, 3.63) is 41.6 Å². The van der Waals surface area contributed by atoms with Crippen molar-refractivity contribution in [3.63, 3.8) is 0 Å². The van der Waals surface area contributed by atoms with Crippen molar-refractivity contribution >= 4 is 27.4 Å². The van der Waals surface area contributed by atoms with E-state index in [0.29, 0.717) is 36.8 Å². The van der Waals surface area contributed by atoms with Gasteiger partial charge in [-0.3, -0.25) is 4.79 Å². The predicted octanol–water partition coefficient (Wildman–Crippen LogP) is 2.93. The second-order valence-electron chi connectivity index (χ2n) is 7.98. The van der Waals surface area contributed by atoms with Crippen LogP contribution in [0.2, 0.25) is 0 Å². The number of fused-ring (bicyclic) bond motifs is 1. The molecule has 32 heavy (non-hydrogen) atoms. The second kappa shape index (κ2) is 8.62. The molecule has 172 valence electrons. The van der Waals surface area contributed by atoms with Gasteiger partial charge in [-0.25, -0.2) is 27.3 Å². The molecule has 0 spiro atoms. The number of amides is 1. The van der Waals surface area contributed by atoms with Crippen LogP contribution >= 0.6 is 0 Å². The van der Waals surface area contributed by atoms with E-state index in [0.717, 1.165) is 6.42 Å². The molecule has 0 bridgehead atoms. The molecule has 4 rings (SSSR count). The van der Waals surface area contributed by atoms with E-state index >= 15 is 0 Å². The number of primary sulfonamides is 1. The molecule has 2 aromatic rings. The number of rotatable bonds is 4. The molecule has 2 aliphatic rings. The summed E-state index contributed by atoms with van der Waals surface area (Å²) in [5, 5.41) is 7.83. The number of ether oxygens (including phenoxy) is 1. The molecule has 11 heteroatoms. The van der Waals surface area contributed by atoms with Gasteiger partial charge in [0.15, 0.2) is 0 Å². The van der Waals surface area contributed by atoms with Crippen LogP contribution in [0.5, 0.6) is 5.75 Å². The number of aromatic nitrogens is 1. The molecule has 0 saturated carbocycles. The smallest absolute Gasteiger partial charge is 0.259 e. The van der Waals surface area contributed by atoms with Crippen LogP contribution in [0, 0.1) is 0 Å². The number of pyridine rings is 1. The number of carbonyl (C=O) groups is 1. The number of hydrogen-bond acceptors (Lipinski definition) is 6. The summed E-state index contributed by atoms with van der Waals surface area (Å²) in [6, 6.07) is 7.14. The Labute approximate surface area is 184 Å². The van der Waals surface area contributed by atoms with Gasteiger partial charge in [-0.1, -0.05) is 6.07 Å². The fraction of sp³-hybridized carbons (Fsp3) is 0.429. The van der Waals surface area contributed by atoms with E-state index in [2.05, 4.69) is 10.3 Å². The summed E-state index contributed by atoms with van der Waals surface area (Å²) in [7, 11) is -3.94. The van der Waals surface area contributed by atoms with Crippen molar-refractivity contribution in [3.8, 4) is 5.75 Å². The molecular weight excluding hydrogens is 442 g/mol. The van der Waals surface area contributed by atoms with Crippen LogP contribution in [0.4, 0.5) is 20.3 Å². The molecule has 1 aromatic carbocycles. The molecule has 1 saturated heterocycles. The lowest BCUT2D eigenvalue weighted by Crippen LogP contribution is -2.30. The van der Waals surface area contributed by atoms with E-state index in [-0.39, 0.29) is 42.0 Å². The zero-order valence-corrected chi connectivity index (χ0v) is 18.1. The highest BCUT2D eigenvalue weighted by Gasteiger charge is 2.33. The van der Waals surface area contributed by atoms with Gasteiger partial charge in [-0.15, -0.1) is 0 Å². The summed E-state index contributed by atoms with van der Waals surface area (Å²) in [4.78, 5) is 19.4. The first-order valence-electron chi connectivity index (χ1n) is 10.4. The van der Waals surface area contributed by atoms with E-state index in [1.807, 2.05) is 0 Å². The number of carbonyl (C=O) groups excluding carboxylic acids is 1. The van der Waals surface area contributed by atoms with Crippen LogP contribution in [0.25, 0.3) is 0 Å². The van der Waals surface area contributed by atoms with Crippen molar-refractivity contribution in [1.82, 2.24) is 4.98 Å². The first-order valence-corrected chi connectivity index (χ1v) is 11.9. The van der Waals surface area contributed by atoms with Crippen LogP contribution in [-0.4, -0.2) is 44.9 Å². The Hall–Kier alpha value is -2.79. The maximum absolute atomic E-state index is 13.9. The highest BCUT2D eigenvalue weighted by Crippen LogP contribution is 2.34. The summed E-state index contributed by atoms with van der Waals surface area (Å²) >= 11 is 0. The standard InChI is InChI=1S/C21H24F2N4O4S/c22-21(23)7-3-9-27(10-8-21)19-16(13-18-17(26-19)6-2-11-31-18)20(28)25-14-4-1-5-15(12-14)32(24,29)30/h1,4-5,12-13H,2-3,6-11H2,(H,25,28)(H2,24,29,30). The fourth-order valence-electron chi connectivity index (χ4n) is 3.88. The molecule has 0 aliphatic carbocycles. The summed E-state index contributed by atoms with van der Waals surface area (Å²) in [5.41, 5.74) is 1.10. The van der Waals surface area contributed by atoms with E-state index in [1.165, 1.54) is 24.3 Å². The highest BCUT2D eigenvalue weighted by molar-refractivity contribution is 7.89. The molecule has 0 unspecified atom stereocenters. The lowest BCUT2D eigenvalue weighted by molar-refractivity contribution is -0.0102. The Kier molecular flexibility index (Phi) is 6.04. The zero-order chi connectivity index (χ0) is 22.9. The van der Waals surface area contributed by atoms with Gasteiger partial charge in [-0.05, 0) is 43.5 Å². The lowest BCUT2D eigenvalue weighted by atomic mass is 10.1. The molecule has 2 aliphatic heterocycles. The van der Waals surface area contributed by atoms with Crippen LogP contribution < -0.4 is 20.1 Å². The second-order valence-corrected chi connectivity index (χ2v) is 9.54. The molecule has 3 heterocycles. The maximum Gasteiger partial charge on any atom is 0.259 e. The average Bonchev–Trinajstić information content (AvgIpc) is 2.92. The Balaban J connectivity index is 1.68. The van der Waals surface area contributed by atoms with Gasteiger partial charge in [0, 0.05) is 31.6 Å². The van der Waals surface area contributed by atoms with Crippen LogP contribution in [-0.2, 0) is 16.4 Å². The quantitative estimate of drug-likeness (QED) is 0.716. The van der Waals surface area contributed by atoms with Crippen molar-refractivity contribution in [2.45, 2.75) is 42.9 Å². The number of nitrogens with two attached hydrogens (primary N) is 1. The number of anilines is 2. The number of sulfonamides is 1. The molecule has 1 aromatic heterocycles. The molecule has 1 amide bonds. The normalized spacial score (nSPS) is 18.3. The number of benzene rings is 1. The third-order valence-electron chi connectivity index (χ3n) is 5.54. The Morgan fingerprint density at radius 3 is 2.78 bits per heavy atom. The van der Waals surface area contributed by atoms with E-state index in [1.54, 1.807) is 11.0 Å². The largest absolute Gasteiger partial charge is 0.492 e. The molecular formula is C21H24F2N4O4S. The minimum absolute atomic E-state index is 0.0703. The summed E-state index contributed by atoms with van der Waals surface area (Å²) in [6.45, 7) is 0.922. The molecule has 0 atom stereocenters. The van der Waals surface area contributed by atoms with E-state index in [9.17, 15) is 22.0 Å². The predicted molar refractivity (Wildman–Crippen MR) is 115 cm³/mol. The van der Waals surface area contributed by atoms with Crippen LogP contribution in [0.1, 0.15) is 41.7 Å². The SMILES string of the molecule is NS(=O)(=O)c1cccc(NC(=O)c2cc3c(nc2N2CCCC(F)(F)CC2)CCCO3)c1. The van der Waals surface area contributed by atoms with Gasteiger partial charge in [-0.2, -0.15) is 0 Å². The van der Waals surface area contributed by atoms with Gasteiger partial charge in [0.1, 0.15) is 11.6 Å². The van der Waals surface area contributed by atoms with Gasteiger partial charge in [0.25, 0.3) is 5.91 Å². The third-order valence-corrected chi connectivity index (χ3v) is 6.45. The number of aryl methyl sites for hydroxylation is 1. The summed E-state index contributed by atoms with van der Waals surface area (Å²) in [5.74, 6) is -2.48. The minimum Gasteiger partial charge on any atom is -0.492 e. The number of alkyl halides is 2. The highest BCUT2D eigenvalue weighted by atomic mass is 32.2. The number of halogens is 2. The molecule has 0 radical (unpaired) electrons. The van der Waals surface area contributed by atoms with Gasteiger partial charge >= 0.3 is 0 Å². The average molecular weight is 467 g/mol. The number of nitrogens with one attached hydrogen (secondary N) is 1. The number of nitrogens with zero attached hydrogens (tertiary/aromatic N) is 2. The van der Waals surface area contributed by atoms with Crippen molar-refractivity contribution < 1.29 is 26.7 Å². The first-order chi connectivity index (χ1) is 15.1. The maximum atomic E-state index is 13.9. The minimum atomic E-state index is -3.94. The first kappa shape index (κ1) is 22.4. The number of hydrogen-bond donors (Lipinski definition) is 2. The van der Waals surface area contributed by atoms with Gasteiger partial charge in [0.05, 0.1) is 22.8 Å². The summed E-state index contributed by atoms with van der Waals surface area (Å²) in [6.07, 6.45) is 1.20. The van der Waals surface area contributed by atoms with E-state index in [4.69, 9.17) is 9.88 Å². The topological polar surface area (TPSA) is 115 Å². The van der Waals surface area contributed by atoms with Gasteiger partial charge < -0.3 is 15.0 Å². The molecule has 3 N–H and O–H groups in total. The molecule has 1 fully saturated rings. The van der Waals surface area contributed by atoms with E-state index < -0.39 is 21.9 Å². The van der Waals surface area contributed by atoms with Crippen molar-refractivity contribution in [2.75, 3.05) is 29.9 Å².